The second kappa shape index (κ2) is 10.2. The van der Waals surface area contributed by atoms with Crippen molar-refractivity contribution < 1.29 is 27.5 Å². The third-order valence-electron chi connectivity index (χ3n) is 4.92. The van der Waals surface area contributed by atoms with Gasteiger partial charge in [0.1, 0.15) is 11.5 Å². The predicted molar refractivity (Wildman–Crippen MR) is 117 cm³/mol. The fourth-order valence-corrected chi connectivity index (χ4v) is 4.34. The summed E-state index contributed by atoms with van der Waals surface area (Å²) in [5.41, 5.74) is 0.620. The van der Waals surface area contributed by atoms with Crippen LogP contribution >= 0.6 is 11.9 Å². The van der Waals surface area contributed by atoms with E-state index in [1.807, 2.05) is 0 Å². The Kier molecular flexibility index (Phi) is 7.57. The number of hydrogen-bond acceptors (Lipinski definition) is 5. The molecular formula is C22H21F4N3O2S. The molecular weight excluding hydrogens is 446 g/mol. The molecule has 0 fully saturated rings. The van der Waals surface area contributed by atoms with Gasteiger partial charge in [0.2, 0.25) is 0 Å². The number of fused-ring (bicyclic) bond motifs is 1. The Morgan fingerprint density at radius 2 is 2.03 bits per heavy atom. The van der Waals surface area contributed by atoms with Gasteiger partial charge in [0.05, 0.1) is 5.56 Å². The number of rotatable bonds is 5. The molecule has 1 aromatic carbocycles. The van der Waals surface area contributed by atoms with Crippen LogP contribution in [0.3, 0.4) is 0 Å². The van der Waals surface area contributed by atoms with Gasteiger partial charge in [0.15, 0.2) is 5.78 Å². The lowest BCUT2D eigenvalue weighted by Crippen LogP contribution is -2.19. The first-order valence-corrected chi connectivity index (χ1v) is 10.6. The molecule has 4 rings (SSSR count). The largest absolute Gasteiger partial charge is 0.412 e. The van der Waals surface area contributed by atoms with E-state index in [0.717, 1.165) is 19.1 Å². The molecule has 2 aromatic heterocycles. The summed E-state index contributed by atoms with van der Waals surface area (Å²) in [4.78, 5) is 19.9. The molecule has 1 aliphatic rings. The van der Waals surface area contributed by atoms with Crippen LogP contribution in [-0.2, 0) is 0 Å². The average molecular weight is 467 g/mol. The fourth-order valence-electron chi connectivity index (χ4n) is 3.41. The van der Waals surface area contributed by atoms with Crippen LogP contribution in [0.4, 0.5) is 23.2 Å². The van der Waals surface area contributed by atoms with Crippen molar-refractivity contribution in [3.05, 3.63) is 71.3 Å². The van der Waals surface area contributed by atoms with E-state index in [0.29, 0.717) is 35.1 Å². The lowest BCUT2D eigenvalue weighted by Gasteiger charge is -2.22. The number of carbonyl (C=O) groups is 1. The molecule has 2 heterocycles. The molecule has 0 bridgehead atoms. The number of aliphatic hydroxyl groups excluding tert-OH is 1. The van der Waals surface area contributed by atoms with Gasteiger partial charge in [0.25, 0.3) is 0 Å². The third kappa shape index (κ3) is 5.31. The van der Waals surface area contributed by atoms with Crippen LogP contribution < -0.4 is 4.72 Å². The summed E-state index contributed by atoms with van der Waals surface area (Å²) in [7, 11) is 1.00. The molecule has 5 nitrogen and oxygen atoms in total. The highest BCUT2D eigenvalue weighted by Crippen LogP contribution is 2.36. The number of alkyl halides is 3. The van der Waals surface area contributed by atoms with Gasteiger partial charge in [0, 0.05) is 47.0 Å². The highest BCUT2D eigenvalue weighted by molar-refractivity contribution is 8.01. The monoisotopic (exact) mass is 467 g/mol. The van der Waals surface area contributed by atoms with Crippen LogP contribution in [0.25, 0.3) is 11.0 Å². The highest BCUT2D eigenvalue weighted by Gasteiger charge is 2.35. The summed E-state index contributed by atoms with van der Waals surface area (Å²) in [6, 6.07) is 7.39. The second-order valence-corrected chi connectivity index (χ2v) is 8.01. The number of carbonyl (C=O) groups excluding carboxylic acids is 1. The average Bonchev–Trinajstić information content (AvgIpc) is 3.23. The lowest BCUT2D eigenvalue weighted by atomic mass is 9.99. The molecule has 10 heteroatoms. The Balaban J connectivity index is 0.00000141. The van der Waals surface area contributed by atoms with Crippen molar-refractivity contribution in [1.29, 1.82) is 0 Å². The number of halogens is 4. The number of anilines is 1. The quantitative estimate of drug-likeness (QED) is 0.196. The second-order valence-electron chi connectivity index (χ2n) is 6.97. The molecule has 1 aliphatic carbocycles. The van der Waals surface area contributed by atoms with Gasteiger partial charge >= 0.3 is 6.18 Å². The predicted octanol–water partition coefficient (Wildman–Crippen LogP) is 5.64. The normalized spacial score (nSPS) is 16.2. The molecule has 0 amide bonds. The van der Waals surface area contributed by atoms with E-state index < -0.39 is 23.3 Å². The zero-order chi connectivity index (χ0) is 23.3. The summed E-state index contributed by atoms with van der Waals surface area (Å²) >= 11 is 1.12. The molecule has 0 aliphatic heterocycles. The fraction of sp³-hybridized carbons (Fsp3) is 0.273. The zero-order valence-electron chi connectivity index (χ0n) is 17.0. The van der Waals surface area contributed by atoms with Crippen molar-refractivity contribution in [2.24, 2.45) is 0 Å². The van der Waals surface area contributed by atoms with E-state index in [2.05, 4.69) is 14.7 Å². The van der Waals surface area contributed by atoms with Gasteiger partial charge < -0.3 is 14.8 Å². The molecule has 0 saturated carbocycles. The van der Waals surface area contributed by atoms with Crippen molar-refractivity contribution in [1.82, 2.24) is 9.97 Å². The minimum atomic E-state index is -4.32. The number of allylic oxidation sites excluding steroid dienone is 1. The number of aromatic nitrogens is 2. The molecule has 170 valence electrons. The zero-order valence-corrected chi connectivity index (χ0v) is 17.9. The van der Waals surface area contributed by atoms with Crippen LogP contribution in [0.1, 0.15) is 35.2 Å². The summed E-state index contributed by atoms with van der Waals surface area (Å²) < 4.78 is 56.1. The van der Waals surface area contributed by atoms with Crippen molar-refractivity contribution in [3.8, 4) is 0 Å². The molecule has 32 heavy (non-hydrogen) atoms. The number of aliphatic hydroxyl groups is 1. The summed E-state index contributed by atoms with van der Waals surface area (Å²) in [5, 5.41) is 7.22. The van der Waals surface area contributed by atoms with Gasteiger partial charge in [-0.25, -0.2) is 9.37 Å². The molecule has 3 N–H and O–H groups in total. The Bertz CT molecular complexity index is 1130. The maximum Gasteiger partial charge on any atom is 0.412 e. The van der Waals surface area contributed by atoms with Gasteiger partial charge in [-0.2, -0.15) is 13.2 Å². The topological polar surface area (TPSA) is 78.0 Å². The van der Waals surface area contributed by atoms with Gasteiger partial charge in [-0.3, -0.25) is 4.79 Å². The molecule has 0 spiro atoms. The maximum absolute atomic E-state index is 14.4. The van der Waals surface area contributed by atoms with Crippen molar-refractivity contribution >= 4 is 34.5 Å². The first-order chi connectivity index (χ1) is 15.3. The van der Waals surface area contributed by atoms with E-state index in [1.165, 1.54) is 30.5 Å². The van der Waals surface area contributed by atoms with E-state index in [4.69, 9.17) is 5.11 Å². The minimum absolute atomic E-state index is 0.0231. The van der Waals surface area contributed by atoms with Crippen LogP contribution in [0.15, 0.2) is 54.4 Å². The lowest BCUT2D eigenvalue weighted by molar-refractivity contribution is -0.0949. The first kappa shape index (κ1) is 23.8. The van der Waals surface area contributed by atoms with Gasteiger partial charge in [-0.15, -0.1) is 0 Å². The van der Waals surface area contributed by atoms with E-state index in [1.54, 1.807) is 18.3 Å². The van der Waals surface area contributed by atoms with Crippen LogP contribution in [0.2, 0.25) is 0 Å². The maximum atomic E-state index is 14.4. The number of H-pyrrole nitrogens is 1. The number of ketones is 1. The van der Waals surface area contributed by atoms with Crippen LogP contribution in [-0.4, -0.2) is 39.4 Å². The van der Waals surface area contributed by atoms with E-state index in [-0.39, 0.29) is 17.2 Å². The van der Waals surface area contributed by atoms with E-state index in [9.17, 15) is 22.4 Å². The molecule has 0 radical (unpaired) electrons. The molecule has 1 unspecified atom stereocenters. The molecule has 3 aromatic rings. The Hall–Kier alpha value is -2.85. The minimum Gasteiger partial charge on any atom is -0.400 e. The third-order valence-corrected chi connectivity index (χ3v) is 5.95. The number of hydrogen-bond donors (Lipinski definition) is 3. The Morgan fingerprint density at radius 3 is 2.78 bits per heavy atom. The smallest absolute Gasteiger partial charge is 0.400 e. The van der Waals surface area contributed by atoms with Gasteiger partial charge in [-0.05, 0) is 61.5 Å². The Morgan fingerprint density at radius 1 is 1.25 bits per heavy atom. The highest BCUT2D eigenvalue weighted by atomic mass is 32.2. The Labute approximate surface area is 186 Å². The molecule has 1 atom stereocenters. The number of nitrogens with zero attached hydrogens (tertiary/aromatic N) is 1. The van der Waals surface area contributed by atoms with Crippen LogP contribution in [0.5, 0.6) is 0 Å². The SMILES string of the molecule is CO.O=C(c1cc(NSC2C=C(C(F)(F)F)CCC2)ccc1F)c1c[nH]c2ncccc12. The van der Waals surface area contributed by atoms with Crippen molar-refractivity contribution in [3.63, 3.8) is 0 Å². The standard InChI is InChI=1S/C21H17F4N3OS.CH4O/c22-18-7-6-13(28-30-14-4-1-3-12(9-14)21(23,24)25)10-16(18)19(29)17-11-27-20-15(17)5-2-8-26-20;1-2/h2,5-11,14,28H,1,3-4H2,(H,26,27);2H,1H3. The number of nitrogens with one attached hydrogen (secondary N) is 2. The van der Waals surface area contributed by atoms with Crippen molar-refractivity contribution in [2.75, 3.05) is 11.8 Å². The number of pyridine rings is 1. The first-order valence-electron chi connectivity index (χ1n) is 9.73. The van der Waals surface area contributed by atoms with E-state index >= 15 is 0 Å². The number of aromatic amines is 1. The summed E-state index contributed by atoms with van der Waals surface area (Å²) in [5.74, 6) is -1.18. The van der Waals surface area contributed by atoms with Crippen molar-refractivity contribution in [2.45, 2.75) is 30.7 Å². The van der Waals surface area contributed by atoms with Crippen LogP contribution in [0, 0.1) is 5.82 Å². The molecule has 0 saturated heterocycles. The summed E-state index contributed by atoms with van der Waals surface area (Å²) in [6.07, 6.45) is 1.06. The number of benzene rings is 1. The van der Waals surface area contributed by atoms with Gasteiger partial charge in [-0.1, -0.05) is 6.08 Å². The summed E-state index contributed by atoms with van der Waals surface area (Å²) in [6.45, 7) is 0.